The highest BCUT2D eigenvalue weighted by Gasteiger charge is 2.28. The van der Waals surface area contributed by atoms with Gasteiger partial charge in [-0.3, -0.25) is 0 Å². The molecule has 3 rings (SSSR count). The lowest BCUT2D eigenvalue weighted by Crippen LogP contribution is -2.50. The van der Waals surface area contributed by atoms with E-state index in [0.717, 1.165) is 5.56 Å². The first kappa shape index (κ1) is 24.0. The molecule has 2 atom stereocenters. The van der Waals surface area contributed by atoms with E-state index in [1.165, 1.54) is 30.3 Å². The van der Waals surface area contributed by atoms with Crippen molar-refractivity contribution in [1.82, 2.24) is 10.2 Å². The molecule has 8 heteroatoms. The fraction of sp³-hybridized carbons (Fsp3) is 0.364. The molecule has 30 heavy (non-hydrogen) atoms. The molecule has 1 fully saturated rings. The number of halogens is 3. The molecule has 160 valence electrons. The molecule has 0 amide bonds. The van der Waals surface area contributed by atoms with Crippen LogP contribution in [0.2, 0.25) is 0 Å². The smallest absolute Gasteiger partial charge is 0.194 e. The number of nitriles is 1. The Kier molecular flexibility index (Phi) is 8.99. The molecule has 2 unspecified atom stereocenters. The highest BCUT2D eigenvalue weighted by Crippen LogP contribution is 2.25. The van der Waals surface area contributed by atoms with Crippen LogP contribution in [0, 0.1) is 23.0 Å². The summed E-state index contributed by atoms with van der Waals surface area (Å²) in [5, 5.41) is 12.3. The molecule has 2 aromatic carbocycles. The van der Waals surface area contributed by atoms with Crippen molar-refractivity contribution in [3.8, 4) is 6.07 Å². The fourth-order valence-electron chi connectivity index (χ4n) is 3.34. The number of nitrogens with zero attached hydrogens (tertiary/aromatic N) is 3. The molecule has 1 aliphatic heterocycles. The highest BCUT2D eigenvalue weighted by atomic mass is 127. The van der Waals surface area contributed by atoms with Crippen LogP contribution in [-0.4, -0.2) is 36.6 Å². The Bertz CT molecular complexity index is 914. The van der Waals surface area contributed by atoms with E-state index < -0.39 is 0 Å². The molecule has 0 aromatic heterocycles. The summed E-state index contributed by atoms with van der Waals surface area (Å²) in [6, 6.07) is 12.6. The Morgan fingerprint density at radius 3 is 2.63 bits per heavy atom. The third-order valence-electron chi connectivity index (χ3n) is 4.71. The Morgan fingerprint density at radius 1 is 1.23 bits per heavy atom. The summed E-state index contributed by atoms with van der Waals surface area (Å²) in [6.45, 7) is 5.89. The minimum Gasteiger partial charge on any atom is -0.367 e. The number of ether oxygens (including phenoxy) is 1. The number of hydrogen-bond acceptors (Lipinski definition) is 3. The summed E-state index contributed by atoms with van der Waals surface area (Å²) in [5.41, 5.74) is 1.67. The zero-order valence-electron chi connectivity index (χ0n) is 16.9. The van der Waals surface area contributed by atoms with E-state index in [0.29, 0.717) is 36.7 Å². The van der Waals surface area contributed by atoms with Gasteiger partial charge in [-0.15, -0.1) is 24.0 Å². The van der Waals surface area contributed by atoms with Gasteiger partial charge in [0.15, 0.2) is 5.96 Å². The van der Waals surface area contributed by atoms with Crippen molar-refractivity contribution in [3.63, 3.8) is 0 Å². The van der Waals surface area contributed by atoms with E-state index in [1.54, 1.807) is 12.1 Å². The largest absolute Gasteiger partial charge is 0.367 e. The minimum atomic E-state index is -0.386. The molecule has 0 bridgehead atoms. The lowest BCUT2D eigenvalue weighted by atomic mass is 10.1. The Morgan fingerprint density at radius 2 is 1.97 bits per heavy atom. The second-order valence-corrected chi connectivity index (χ2v) is 6.98. The number of morpholine rings is 1. The summed E-state index contributed by atoms with van der Waals surface area (Å²) < 4.78 is 33.4. The number of aliphatic imine (C=N–C) groups is 1. The number of rotatable bonds is 4. The van der Waals surface area contributed by atoms with Crippen LogP contribution >= 0.6 is 24.0 Å². The molecule has 5 nitrogen and oxygen atoms in total. The molecular formula is C22H25F2IN4O. The zero-order chi connectivity index (χ0) is 20.8. The van der Waals surface area contributed by atoms with Gasteiger partial charge in [0.05, 0.1) is 30.8 Å². The molecule has 1 saturated heterocycles. The maximum Gasteiger partial charge on any atom is 0.194 e. The predicted octanol–water partition coefficient (Wildman–Crippen LogP) is 4.38. The van der Waals surface area contributed by atoms with E-state index in [2.05, 4.69) is 15.2 Å². The van der Waals surface area contributed by atoms with E-state index in [9.17, 15) is 8.78 Å². The monoisotopic (exact) mass is 526 g/mol. The second-order valence-electron chi connectivity index (χ2n) is 6.98. The average Bonchev–Trinajstić information content (AvgIpc) is 2.72. The van der Waals surface area contributed by atoms with Gasteiger partial charge in [0.1, 0.15) is 17.7 Å². The maximum atomic E-state index is 14.1. The zero-order valence-corrected chi connectivity index (χ0v) is 19.3. The van der Waals surface area contributed by atoms with Gasteiger partial charge in [-0.05, 0) is 49.7 Å². The van der Waals surface area contributed by atoms with E-state index in [-0.39, 0.29) is 54.4 Å². The predicted molar refractivity (Wildman–Crippen MR) is 123 cm³/mol. The second kappa shape index (κ2) is 11.2. The summed E-state index contributed by atoms with van der Waals surface area (Å²) >= 11 is 0. The Labute approximate surface area is 192 Å². The van der Waals surface area contributed by atoms with Crippen molar-refractivity contribution >= 4 is 29.9 Å². The van der Waals surface area contributed by atoms with E-state index in [4.69, 9.17) is 10.00 Å². The Hall–Kier alpha value is -2.25. The first-order chi connectivity index (χ1) is 14.0. The molecule has 0 radical (unpaired) electrons. The molecule has 0 aliphatic carbocycles. The van der Waals surface area contributed by atoms with E-state index >= 15 is 0 Å². The van der Waals surface area contributed by atoms with Crippen LogP contribution in [-0.2, 0) is 11.3 Å². The van der Waals surface area contributed by atoms with Crippen LogP contribution in [0.4, 0.5) is 8.78 Å². The first-order valence-corrected chi connectivity index (χ1v) is 9.63. The number of nitrogens with one attached hydrogen (secondary N) is 1. The van der Waals surface area contributed by atoms with Gasteiger partial charge in [0.2, 0.25) is 0 Å². The SMILES string of the molecule is CCNC(=NCc1cc(C#N)ccc1F)N1CC(C)OC(c2ccc(F)cc2)C1.I. The van der Waals surface area contributed by atoms with Gasteiger partial charge in [-0.25, -0.2) is 13.8 Å². The molecule has 1 heterocycles. The molecular weight excluding hydrogens is 501 g/mol. The lowest BCUT2D eigenvalue weighted by molar-refractivity contribution is -0.0605. The first-order valence-electron chi connectivity index (χ1n) is 9.63. The maximum absolute atomic E-state index is 14.1. The molecule has 1 aliphatic rings. The number of hydrogen-bond donors (Lipinski definition) is 1. The van der Waals surface area contributed by atoms with Crippen molar-refractivity contribution in [1.29, 1.82) is 5.26 Å². The average molecular weight is 526 g/mol. The minimum absolute atomic E-state index is 0. The van der Waals surface area contributed by atoms with Gasteiger partial charge in [0, 0.05) is 18.7 Å². The number of guanidine groups is 1. The molecule has 0 saturated carbocycles. The van der Waals surface area contributed by atoms with Crippen LogP contribution in [0.1, 0.15) is 36.6 Å². The van der Waals surface area contributed by atoms with Crippen molar-refractivity contribution < 1.29 is 13.5 Å². The van der Waals surface area contributed by atoms with Crippen LogP contribution in [0.15, 0.2) is 47.5 Å². The van der Waals surface area contributed by atoms with E-state index in [1.807, 2.05) is 19.9 Å². The quantitative estimate of drug-likeness (QED) is 0.365. The van der Waals surface area contributed by atoms with Crippen molar-refractivity contribution in [3.05, 3.63) is 70.8 Å². The normalized spacial score (nSPS) is 19.0. The summed E-state index contributed by atoms with van der Waals surface area (Å²) in [5.74, 6) is -0.0225. The standard InChI is InChI=1S/C22H24F2N4O.HI/c1-3-26-22(27-12-18-10-16(11-25)4-9-20(18)24)28-13-15(2)29-21(14-28)17-5-7-19(23)8-6-17;/h4-10,15,21H,3,12-14H2,1-2H3,(H,26,27);1H. The van der Waals surface area contributed by atoms with Crippen LogP contribution in [0.25, 0.3) is 0 Å². The van der Waals surface area contributed by atoms with Crippen molar-refractivity contribution in [2.24, 2.45) is 4.99 Å². The third-order valence-corrected chi connectivity index (χ3v) is 4.71. The van der Waals surface area contributed by atoms with Crippen LogP contribution in [0.3, 0.4) is 0 Å². The summed E-state index contributed by atoms with van der Waals surface area (Å²) in [6.07, 6.45) is -0.275. The summed E-state index contributed by atoms with van der Waals surface area (Å²) in [7, 11) is 0. The van der Waals surface area contributed by atoms with Crippen LogP contribution < -0.4 is 5.32 Å². The Balaban J connectivity index is 0.00000320. The highest BCUT2D eigenvalue weighted by molar-refractivity contribution is 14.0. The topological polar surface area (TPSA) is 60.7 Å². The van der Waals surface area contributed by atoms with Gasteiger partial charge in [0.25, 0.3) is 0 Å². The molecule has 2 aromatic rings. The van der Waals surface area contributed by atoms with Crippen LogP contribution in [0.5, 0.6) is 0 Å². The van der Waals surface area contributed by atoms with Crippen molar-refractivity contribution in [2.75, 3.05) is 19.6 Å². The van der Waals surface area contributed by atoms with Gasteiger partial charge in [-0.1, -0.05) is 12.1 Å². The van der Waals surface area contributed by atoms with Crippen molar-refractivity contribution in [2.45, 2.75) is 32.6 Å². The van der Waals surface area contributed by atoms with Gasteiger partial charge in [-0.2, -0.15) is 5.26 Å². The van der Waals surface area contributed by atoms with Gasteiger partial charge < -0.3 is 15.0 Å². The molecule has 1 N–H and O–H groups in total. The number of benzene rings is 2. The van der Waals surface area contributed by atoms with Gasteiger partial charge >= 0.3 is 0 Å². The lowest BCUT2D eigenvalue weighted by Gasteiger charge is -2.38. The summed E-state index contributed by atoms with van der Waals surface area (Å²) in [4.78, 5) is 6.65. The fourth-order valence-corrected chi connectivity index (χ4v) is 3.34. The third kappa shape index (κ3) is 6.12. The molecule has 0 spiro atoms.